The second-order valence-corrected chi connectivity index (χ2v) is 6.37. The summed E-state index contributed by atoms with van der Waals surface area (Å²) in [6.45, 7) is 3.80. The number of anilines is 1. The van der Waals surface area contributed by atoms with E-state index in [9.17, 15) is 9.59 Å². The van der Waals surface area contributed by atoms with E-state index in [0.29, 0.717) is 23.1 Å². The molecule has 4 rings (SSSR count). The summed E-state index contributed by atoms with van der Waals surface area (Å²) in [5.41, 5.74) is 2.87. The third-order valence-corrected chi connectivity index (χ3v) is 4.40. The Labute approximate surface area is 154 Å². The zero-order valence-corrected chi connectivity index (χ0v) is 15.0. The molecule has 1 amide bonds. The standard InChI is InChI=1S/C19H18N6O2/c1-3-16-15-8-12(2)4-6-14(15)19(27)25(23-16)10-18(26)21-13-5-7-17-22-20-11-24(17)9-13/h4-9,11H,3,10H2,1-2H3,(H,21,26). The molecule has 0 fully saturated rings. The van der Waals surface area contributed by atoms with Gasteiger partial charge in [-0.2, -0.15) is 5.10 Å². The van der Waals surface area contributed by atoms with E-state index >= 15 is 0 Å². The minimum atomic E-state index is -0.328. The highest BCUT2D eigenvalue weighted by molar-refractivity contribution is 5.91. The van der Waals surface area contributed by atoms with Crippen LogP contribution >= 0.6 is 0 Å². The van der Waals surface area contributed by atoms with Gasteiger partial charge in [-0.25, -0.2) is 4.68 Å². The molecule has 0 bridgehead atoms. The van der Waals surface area contributed by atoms with Crippen molar-refractivity contribution in [3.8, 4) is 0 Å². The van der Waals surface area contributed by atoms with Gasteiger partial charge in [0.25, 0.3) is 5.56 Å². The highest BCUT2D eigenvalue weighted by atomic mass is 16.2. The van der Waals surface area contributed by atoms with Gasteiger partial charge in [-0.1, -0.05) is 18.6 Å². The number of fused-ring (bicyclic) bond motifs is 2. The van der Waals surface area contributed by atoms with E-state index in [4.69, 9.17) is 0 Å². The van der Waals surface area contributed by atoms with Gasteiger partial charge in [0.2, 0.25) is 5.91 Å². The summed E-state index contributed by atoms with van der Waals surface area (Å²) in [6, 6.07) is 9.13. The highest BCUT2D eigenvalue weighted by Crippen LogP contribution is 2.16. The van der Waals surface area contributed by atoms with E-state index in [-0.39, 0.29) is 18.0 Å². The molecule has 0 saturated heterocycles. The SMILES string of the molecule is CCc1nn(CC(=O)Nc2ccc3nncn3c2)c(=O)c2ccc(C)cc12. The van der Waals surface area contributed by atoms with Crippen LogP contribution in [0.2, 0.25) is 0 Å². The van der Waals surface area contributed by atoms with Crippen molar-refractivity contribution in [3.05, 3.63) is 64.5 Å². The fourth-order valence-electron chi connectivity index (χ4n) is 3.07. The van der Waals surface area contributed by atoms with Gasteiger partial charge in [0.1, 0.15) is 12.9 Å². The first-order valence-corrected chi connectivity index (χ1v) is 8.65. The maximum atomic E-state index is 12.7. The molecule has 0 aliphatic rings. The van der Waals surface area contributed by atoms with Gasteiger partial charge >= 0.3 is 0 Å². The van der Waals surface area contributed by atoms with Gasteiger partial charge in [0, 0.05) is 11.6 Å². The fraction of sp³-hybridized carbons (Fsp3) is 0.211. The van der Waals surface area contributed by atoms with Crippen molar-refractivity contribution in [2.45, 2.75) is 26.8 Å². The van der Waals surface area contributed by atoms with Crippen LogP contribution in [0.4, 0.5) is 5.69 Å². The number of amides is 1. The molecule has 0 radical (unpaired) electrons. The van der Waals surface area contributed by atoms with E-state index in [1.54, 1.807) is 35.1 Å². The maximum absolute atomic E-state index is 12.7. The molecular formula is C19H18N6O2. The number of nitrogens with one attached hydrogen (secondary N) is 1. The number of rotatable bonds is 4. The van der Waals surface area contributed by atoms with Crippen LogP contribution in [0.5, 0.6) is 0 Å². The molecule has 0 aliphatic heterocycles. The van der Waals surface area contributed by atoms with Gasteiger partial charge in [0.15, 0.2) is 5.65 Å². The summed E-state index contributed by atoms with van der Waals surface area (Å²) in [5.74, 6) is -0.328. The molecule has 4 aromatic rings. The Hall–Kier alpha value is -3.55. The van der Waals surface area contributed by atoms with Crippen molar-refractivity contribution >= 4 is 28.0 Å². The van der Waals surface area contributed by atoms with Gasteiger partial charge in [0.05, 0.1) is 16.8 Å². The van der Waals surface area contributed by atoms with Crippen molar-refractivity contribution in [1.29, 1.82) is 0 Å². The minimum absolute atomic E-state index is 0.157. The number of benzene rings is 1. The lowest BCUT2D eigenvalue weighted by molar-refractivity contribution is -0.117. The lowest BCUT2D eigenvalue weighted by Gasteiger charge is -2.11. The first-order valence-electron chi connectivity index (χ1n) is 8.65. The molecule has 8 heteroatoms. The van der Waals surface area contributed by atoms with Crippen molar-refractivity contribution in [2.24, 2.45) is 0 Å². The average molecular weight is 362 g/mol. The molecule has 27 heavy (non-hydrogen) atoms. The van der Waals surface area contributed by atoms with Crippen LogP contribution in [0.1, 0.15) is 18.2 Å². The Morgan fingerprint density at radius 1 is 1.19 bits per heavy atom. The Balaban J connectivity index is 1.64. The van der Waals surface area contributed by atoms with Crippen LogP contribution in [0.25, 0.3) is 16.4 Å². The monoisotopic (exact) mass is 362 g/mol. The fourth-order valence-corrected chi connectivity index (χ4v) is 3.07. The Morgan fingerprint density at radius 2 is 2.04 bits per heavy atom. The van der Waals surface area contributed by atoms with Crippen molar-refractivity contribution in [1.82, 2.24) is 24.4 Å². The van der Waals surface area contributed by atoms with Crippen LogP contribution in [-0.2, 0) is 17.8 Å². The molecule has 1 aromatic carbocycles. The van der Waals surface area contributed by atoms with E-state index < -0.39 is 0 Å². The smallest absolute Gasteiger partial charge is 0.275 e. The molecule has 3 heterocycles. The molecule has 0 aliphatic carbocycles. The van der Waals surface area contributed by atoms with Crippen LogP contribution in [0.15, 0.2) is 47.7 Å². The van der Waals surface area contributed by atoms with Crippen molar-refractivity contribution in [2.75, 3.05) is 5.32 Å². The van der Waals surface area contributed by atoms with Gasteiger partial charge in [-0.05, 0) is 37.6 Å². The van der Waals surface area contributed by atoms with E-state index in [1.165, 1.54) is 4.68 Å². The maximum Gasteiger partial charge on any atom is 0.275 e. The third-order valence-electron chi connectivity index (χ3n) is 4.40. The first-order chi connectivity index (χ1) is 13.0. The second kappa shape index (κ2) is 6.64. The summed E-state index contributed by atoms with van der Waals surface area (Å²) >= 11 is 0. The summed E-state index contributed by atoms with van der Waals surface area (Å²) in [6.07, 6.45) is 3.94. The molecule has 8 nitrogen and oxygen atoms in total. The largest absolute Gasteiger partial charge is 0.323 e. The highest BCUT2D eigenvalue weighted by Gasteiger charge is 2.13. The lowest BCUT2D eigenvalue weighted by atomic mass is 10.1. The lowest BCUT2D eigenvalue weighted by Crippen LogP contribution is -2.30. The van der Waals surface area contributed by atoms with E-state index in [2.05, 4.69) is 20.6 Å². The normalized spacial score (nSPS) is 11.2. The predicted octanol–water partition coefficient (Wildman–Crippen LogP) is 1.95. The molecule has 136 valence electrons. The zero-order valence-electron chi connectivity index (χ0n) is 15.0. The molecule has 0 saturated carbocycles. The number of aromatic nitrogens is 5. The Kier molecular flexibility index (Phi) is 4.15. The summed E-state index contributed by atoms with van der Waals surface area (Å²) in [7, 11) is 0. The topological polar surface area (TPSA) is 94.2 Å². The average Bonchev–Trinajstić information content (AvgIpc) is 3.11. The van der Waals surface area contributed by atoms with Crippen molar-refractivity contribution < 1.29 is 4.79 Å². The van der Waals surface area contributed by atoms with Gasteiger partial charge in [-0.3, -0.25) is 14.0 Å². The van der Waals surface area contributed by atoms with Gasteiger partial charge in [-0.15, -0.1) is 10.2 Å². The first kappa shape index (κ1) is 16.9. The van der Waals surface area contributed by atoms with E-state index in [1.807, 2.05) is 26.0 Å². The van der Waals surface area contributed by atoms with Crippen LogP contribution in [-0.4, -0.2) is 30.3 Å². The summed E-state index contributed by atoms with van der Waals surface area (Å²) in [4.78, 5) is 25.2. The molecule has 3 aromatic heterocycles. The predicted molar refractivity (Wildman–Crippen MR) is 102 cm³/mol. The third kappa shape index (κ3) is 3.17. The Bertz CT molecular complexity index is 1220. The molecule has 1 N–H and O–H groups in total. The molecule has 0 unspecified atom stereocenters. The Morgan fingerprint density at radius 3 is 2.85 bits per heavy atom. The number of hydrogen-bond acceptors (Lipinski definition) is 5. The number of carbonyl (C=O) groups excluding carboxylic acids is 1. The van der Waals surface area contributed by atoms with Crippen LogP contribution in [0.3, 0.4) is 0 Å². The number of aryl methyl sites for hydroxylation is 2. The number of pyridine rings is 1. The molecule has 0 spiro atoms. The number of nitrogens with zero attached hydrogens (tertiary/aromatic N) is 5. The minimum Gasteiger partial charge on any atom is -0.323 e. The summed E-state index contributed by atoms with van der Waals surface area (Å²) < 4.78 is 2.93. The van der Waals surface area contributed by atoms with Crippen LogP contribution < -0.4 is 10.9 Å². The summed E-state index contributed by atoms with van der Waals surface area (Å²) in [5, 5.41) is 16.3. The van der Waals surface area contributed by atoms with Crippen LogP contribution in [0, 0.1) is 6.92 Å². The van der Waals surface area contributed by atoms with Gasteiger partial charge < -0.3 is 5.32 Å². The molecule has 0 atom stereocenters. The number of hydrogen-bond donors (Lipinski definition) is 1. The quantitative estimate of drug-likeness (QED) is 0.599. The molecular weight excluding hydrogens is 344 g/mol. The van der Waals surface area contributed by atoms with E-state index in [0.717, 1.165) is 16.6 Å². The number of carbonyl (C=O) groups is 1. The second-order valence-electron chi connectivity index (χ2n) is 6.37. The van der Waals surface area contributed by atoms with Crippen molar-refractivity contribution in [3.63, 3.8) is 0 Å². The zero-order chi connectivity index (χ0) is 19.0.